The van der Waals surface area contributed by atoms with Crippen molar-refractivity contribution < 1.29 is 13.5 Å². The molecule has 0 aromatic heterocycles. The van der Waals surface area contributed by atoms with E-state index in [0.717, 1.165) is 6.42 Å². The first-order valence-electron chi connectivity index (χ1n) is 4.64. The summed E-state index contributed by atoms with van der Waals surface area (Å²) in [4.78, 5) is 0. The summed E-state index contributed by atoms with van der Waals surface area (Å²) in [5.41, 5.74) is 0. The lowest BCUT2D eigenvalue weighted by Gasteiger charge is -2.34. The van der Waals surface area contributed by atoms with E-state index < -0.39 is 10.0 Å². The third-order valence-electron chi connectivity index (χ3n) is 2.50. The molecular formula is C8H16BrNO3S. The first-order valence-corrected chi connectivity index (χ1v) is 7.37. The van der Waals surface area contributed by atoms with E-state index in [1.54, 1.807) is 0 Å². The molecule has 1 heterocycles. The average molecular weight is 286 g/mol. The molecule has 0 aliphatic carbocycles. The molecule has 6 heteroatoms. The van der Waals surface area contributed by atoms with Crippen LogP contribution in [0.3, 0.4) is 0 Å². The molecule has 1 fully saturated rings. The van der Waals surface area contributed by atoms with Gasteiger partial charge in [0.25, 0.3) is 0 Å². The van der Waals surface area contributed by atoms with Gasteiger partial charge in [0.2, 0.25) is 10.0 Å². The van der Waals surface area contributed by atoms with Crippen LogP contribution in [0.15, 0.2) is 0 Å². The first-order chi connectivity index (χ1) is 6.49. The molecule has 1 N–H and O–H groups in total. The third-order valence-corrected chi connectivity index (χ3v) is 5.60. The summed E-state index contributed by atoms with van der Waals surface area (Å²) in [6.07, 6.45) is 0.908. The van der Waals surface area contributed by atoms with E-state index in [0.29, 0.717) is 19.0 Å². The standard InChI is InChI=1S/C8H16BrNO3S/c1-7-2-8(5-11)4-10(3-7)14(12,13)6-9/h7-8,11H,2-6H2,1H3. The van der Waals surface area contributed by atoms with E-state index in [1.807, 2.05) is 6.92 Å². The zero-order valence-corrected chi connectivity index (χ0v) is 10.6. The number of aliphatic hydroxyl groups is 1. The van der Waals surface area contributed by atoms with Gasteiger partial charge in [-0.2, -0.15) is 0 Å². The highest BCUT2D eigenvalue weighted by atomic mass is 79.9. The van der Waals surface area contributed by atoms with E-state index in [1.165, 1.54) is 4.31 Å². The van der Waals surface area contributed by atoms with Gasteiger partial charge in [0.1, 0.15) is 4.66 Å². The lowest BCUT2D eigenvalue weighted by Crippen LogP contribution is -2.44. The fourth-order valence-corrected chi connectivity index (χ4v) is 3.78. The summed E-state index contributed by atoms with van der Waals surface area (Å²) >= 11 is 2.98. The Labute approximate surface area is 93.5 Å². The molecule has 0 aromatic carbocycles. The molecule has 2 atom stereocenters. The van der Waals surface area contributed by atoms with Gasteiger partial charge in [-0.25, -0.2) is 12.7 Å². The van der Waals surface area contributed by atoms with Crippen molar-refractivity contribution in [2.24, 2.45) is 11.8 Å². The maximum atomic E-state index is 11.6. The third kappa shape index (κ3) is 2.92. The maximum absolute atomic E-state index is 11.6. The highest BCUT2D eigenvalue weighted by Crippen LogP contribution is 2.23. The van der Waals surface area contributed by atoms with Gasteiger partial charge < -0.3 is 5.11 Å². The Balaban J connectivity index is 2.71. The number of aliphatic hydroxyl groups excluding tert-OH is 1. The zero-order chi connectivity index (χ0) is 10.8. The Morgan fingerprint density at radius 1 is 1.50 bits per heavy atom. The topological polar surface area (TPSA) is 57.6 Å². The molecule has 0 amide bonds. The molecule has 0 bridgehead atoms. The predicted molar refractivity (Wildman–Crippen MR) is 58.6 cm³/mol. The predicted octanol–water partition coefficient (Wildman–Crippen LogP) is 0.619. The van der Waals surface area contributed by atoms with Crippen LogP contribution in [0.1, 0.15) is 13.3 Å². The summed E-state index contributed by atoms with van der Waals surface area (Å²) in [6, 6.07) is 0. The number of halogens is 1. The monoisotopic (exact) mass is 285 g/mol. The summed E-state index contributed by atoms with van der Waals surface area (Å²) in [7, 11) is -3.16. The number of piperidine rings is 1. The number of rotatable bonds is 3. The van der Waals surface area contributed by atoms with Gasteiger partial charge in [-0.3, -0.25) is 0 Å². The Kier molecular flexibility index (Phi) is 4.36. The first kappa shape index (κ1) is 12.4. The van der Waals surface area contributed by atoms with Crippen molar-refractivity contribution in [1.82, 2.24) is 4.31 Å². The van der Waals surface area contributed by atoms with Crippen LogP contribution in [0.5, 0.6) is 0 Å². The lowest BCUT2D eigenvalue weighted by molar-refractivity contribution is 0.137. The lowest BCUT2D eigenvalue weighted by atomic mass is 9.93. The van der Waals surface area contributed by atoms with Gasteiger partial charge in [0, 0.05) is 19.7 Å². The molecule has 1 rings (SSSR count). The number of hydrogen-bond donors (Lipinski definition) is 1. The molecule has 14 heavy (non-hydrogen) atoms. The fourth-order valence-electron chi connectivity index (χ4n) is 1.86. The Hall–Kier alpha value is 0.350. The van der Waals surface area contributed by atoms with Gasteiger partial charge >= 0.3 is 0 Å². The van der Waals surface area contributed by atoms with Crippen molar-refractivity contribution in [3.05, 3.63) is 0 Å². The van der Waals surface area contributed by atoms with Gasteiger partial charge in [0.05, 0.1) is 0 Å². The SMILES string of the molecule is CC1CC(CO)CN(S(=O)(=O)CBr)C1. The second-order valence-electron chi connectivity index (χ2n) is 3.93. The van der Waals surface area contributed by atoms with E-state index in [2.05, 4.69) is 15.9 Å². The molecule has 1 aliphatic rings. The largest absolute Gasteiger partial charge is 0.396 e. The van der Waals surface area contributed by atoms with Crippen LogP contribution in [0.25, 0.3) is 0 Å². The van der Waals surface area contributed by atoms with Crippen LogP contribution >= 0.6 is 15.9 Å². The van der Waals surface area contributed by atoms with Crippen LogP contribution in [0, 0.1) is 11.8 Å². The van der Waals surface area contributed by atoms with E-state index in [-0.39, 0.29) is 17.2 Å². The van der Waals surface area contributed by atoms with Crippen LogP contribution in [0.2, 0.25) is 0 Å². The van der Waals surface area contributed by atoms with Crippen molar-refractivity contribution in [3.8, 4) is 0 Å². The van der Waals surface area contributed by atoms with Crippen LogP contribution in [-0.4, -0.2) is 42.2 Å². The van der Waals surface area contributed by atoms with Crippen LogP contribution < -0.4 is 0 Å². The minimum atomic E-state index is -3.16. The molecule has 0 spiro atoms. The zero-order valence-electron chi connectivity index (χ0n) is 8.19. The van der Waals surface area contributed by atoms with E-state index >= 15 is 0 Å². The number of nitrogens with zero attached hydrogens (tertiary/aromatic N) is 1. The van der Waals surface area contributed by atoms with Gasteiger partial charge in [-0.05, 0) is 18.3 Å². The molecule has 4 nitrogen and oxygen atoms in total. The fraction of sp³-hybridized carbons (Fsp3) is 1.00. The summed E-state index contributed by atoms with van der Waals surface area (Å²) in [5.74, 6) is 0.419. The van der Waals surface area contributed by atoms with Gasteiger partial charge in [-0.15, -0.1) is 0 Å². The Morgan fingerprint density at radius 3 is 2.64 bits per heavy atom. The van der Waals surface area contributed by atoms with Crippen molar-refractivity contribution in [1.29, 1.82) is 0 Å². The van der Waals surface area contributed by atoms with Crippen LogP contribution in [0.4, 0.5) is 0 Å². The maximum Gasteiger partial charge on any atom is 0.224 e. The highest BCUT2D eigenvalue weighted by molar-refractivity contribution is 9.10. The molecule has 0 saturated carbocycles. The highest BCUT2D eigenvalue weighted by Gasteiger charge is 2.30. The van der Waals surface area contributed by atoms with E-state index in [4.69, 9.17) is 5.11 Å². The second kappa shape index (κ2) is 4.92. The Morgan fingerprint density at radius 2 is 2.14 bits per heavy atom. The van der Waals surface area contributed by atoms with Gasteiger partial charge in [0.15, 0.2) is 0 Å². The second-order valence-corrected chi connectivity index (χ2v) is 7.20. The number of alkyl halides is 1. The molecule has 1 aliphatic heterocycles. The summed E-state index contributed by atoms with van der Waals surface area (Å²) < 4.78 is 24.5. The smallest absolute Gasteiger partial charge is 0.224 e. The normalized spacial score (nSPS) is 30.5. The molecule has 84 valence electrons. The summed E-state index contributed by atoms with van der Waals surface area (Å²) in [6.45, 7) is 3.11. The number of sulfonamides is 1. The summed E-state index contributed by atoms with van der Waals surface area (Å²) in [5, 5.41) is 9.03. The molecule has 2 unspecified atom stereocenters. The molecule has 0 aromatic rings. The molecule has 0 radical (unpaired) electrons. The van der Waals surface area contributed by atoms with Gasteiger partial charge in [-0.1, -0.05) is 22.9 Å². The molecular weight excluding hydrogens is 270 g/mol. The van der Waals surface area contributed by atoms with Crippen molar-refractivity contribution in [2.75, 3.05) is 24.4 Å². The minimum absolute atomic E-state index is 0.0368. The molecule has 1 saturated heterocycles. The van der Waals surface area contributed by atoms with Crippen molar-refractivity contribution >= 4 is 26.0 Å². The quantitative estimate of drug-likeness (QED) is 0.774. The minimum Gasteiger partial charge on any atom is -0.396 e. The number of hydrogen-bond acceptors (Lipinski definition) is 3. The van der Waals surface area contributed by atoms with Crippen LogP contribution in [-0.2, 0) is 10.0 Å². The average Bonchev–Trinajstić information content (AvgIpc) is 2.16. The van der Waals surface area contributed by atoms with Crippen molar-refractivity contribution in [3.63, 3.8) is 0 Å². The van der Waals surface area contributed by atoms with E-state index in [9.17, 15) is 8.42 Å². The Bertz CT molecular complexity index is 280. The van der Waals surface area contributed by atoms with Crippen molar-refractivity contribution in [2.45, 2.75) is 13.3 Å².